The van der Waals surface area contributed by atoms with Crippen molar-refractivity contribution in [2.45, 2.75) is 38.9 Å². The molecule has 0 unspecified atom stereocenters. The molecule has 1 aromatic carbocycles. The zero-order valence-electron chi connectivity index (χ0n) is 14.3. The molecule has 24 heavy (non-hydrogen) atoms. The van der Waals surface area contributed by atoms with Crippen LogP contribution in [0, 0.1) is 0 Å². The van der Waals surface area contributed by atoms with Gasteiger partial charge >= 0.3 is 7.12 Å². The lowest BCUT2D eigenvalue weighted by Crippen LogP contribution is -2.41. The average Bonchev–Trinajstić information content (AvgIpc) is 2.89. The number of Topliss-reactive ketones (excluding diaryl/α,β-unsaturated/α-hetero) is 1. The summed E-state index contributed by atoms with van der Waals surface area (Å²) in [6.07, 6.45) is 1.87. The molecule has 1 saturated heterocycles. The van der Waals surface area contributed by atoms with Crippen LogP contribution in [0.5, 0.6) is 0 Å². The molecule has 126 valence electrons. The molecule has 0 saturated carbocycles. The zero-order chi connectivity index (χ0) is 17.7. The zero-order valence-corrected chi connectivity index (χ0v) is 14.3. The standard InChI is InChI=1S/C17H21BN2O4/c1-16(2)17(3,4)24-18(23-16)11(9-19)7-10-5-6-12-13(8-10)20-15(22)14(12)21/h5-8H,9,19H2,1-4H3,(H,20,21,22). The molecular weight excluding hydrogens is 307 g/mol. The van der Waals surface area contributed by atoms with Crippen molar-refractivity contribution in [2.75, 3.05) is 11.9 Å². The molecule has 0 bridgehead atoms. The van der Waals surface area contributed by atoms with Crippen molar-refractivity contribution < 1.29 is 18.9 Å². The summed E-state index contributed by atoms with van der Waals surface area (Å²) in [6.45, 7) is 8.21. The first kappa shape index (κ1) is 16.9. The Morgan fingerprint density at radius 1 is 1.21 bits per heavy atom. The maximum Gasteiger partial charge on any atom is 0.491 e. The number of hydrogen-bond acceptors (Lipinski definition) is 5. The van der Waals surface area contributed by atoms with E-state index in [0.29, 0.717) is 11.3 Å². The van der Waals surface area contributed by atoms with Crippen LogP contribution in [0.1, 0.15) is 43.6 Å². The second kappa shape index (κ2) is 5.55. The summed E-state index contributed by atoms with van der Waals surface area (Å²) in [5, 5.41) is 2.56. The van der Waals surface area contributed by atoms with Gasteiger partial charge in [-0.1, -0.05) is 12.1 Å². The maximum absolute atomic E-state index is 11.7. The predicted molar refractivity (Wildman–Crippen MR) is 92.5 cm³/mol. The fraction of sp³-hybridized carbons (Fsp3) is 0.412. The van der Waals surface area contributed by atoms with Crippen LogP contribution in [0.15, 0.2) is 23.7 Å². The highest BCUT2D eigenvalue weighted by Gasteiger charge is 2.52. The van der Waals surface area contributed by atoms with Gasteiger partial charge in [-0.2, -0.15) is 0 Å². The summed E-state index contributed by atoms with van der Waals surface area (Å²) < 4.78 is 12.0. The summed E-state index contributed by atoms with van der Waals surface area (Å²) in [5.74, 6) is -1.11. The van der Waals surface area contributed by atoms with Crippen LogP contribution < -0.4 is 11.1 Å². The van der Waals surface area contributed by atoms with Crippen LogP contribution in [0.2, 0.25) is 0 Å². The van der Waals surface area contributed by atoms with Crippen LogP contribution >= 0.6 is 0 Å². The minimum atomic E-state index is -0.601. The third-order valence-electron chi connectivity index (χ3n) is 4.89. The SMILES string of the molecule is CC1(C)OB(C(=Cc2ccc3c(c2)NC(=O)C3=O)CN)OC1(C)C. The minimum Gasteiger partial charge on any atom is -0.400 e. The molecule has 0 radical (unpaired) electrons. The number of carbonyl (C=O) groups excluding carboxylic acids is 2. The van der Waals surface area contributed by atoms with Gasteiger partial charge in [0.05, 0.1) is 22.5 Å². The van der Waals surface area contributed by atoms with Crippen LogP contribution in [0.4, 0.5) is 5.69 Å². The second-order valence-electron chi connectivity index (χ2n) is 7.10. The quantitative estimate of drug-likeness (QED) is 0.652. The van der Waals surface area contributed by atoms with E-state index in [-0.39, 0.29) is 6.54 Å². The van der Waals surface area contributed by atoms with Crippen molar-refractivity contribution >= 4 is 30.6 Å². The summed E-state index contributed by atoms with van der Waals surface area (Å²) in [5.41, 5.74) is 7.52. The van der Waals surface area contributed by atoms with Gasteiger partial charge in [0.1, 0.15) is 0 Å². The molecule has 1 amide bonds. The number of amides is 1. The van der Waals surface area contributed by atoms with Gasteiger partial charge in [-0.3, -0.25) is 9.59 Å². The smallest absolute Gasteiger partial charge is 0.400 e. The number of nitrogens with one attached hydrogen (secondary N) is 1. The van der Waals surface area contributed by atoms with Gasteiger partial charge in [-0.25, -0.2) is 0 Å². The van der Waals surface area contributed by atoms with Crippen molar-refractivity contribution in [1.82, 2.24) is 0 Å². The van der Waals surface area contributed by atoms with Gasteiger partial charge in [-0.15, -0.1) is 0 Å². The Morgan fingerprint density at radius 2 is 1.83 bits per heavy atom. The third kappa shape index (κ3) is 2.68. The molecule has 7 heteroatoms. The lowest BCUT2D eigenvalue weighted by molar-refractivity contribution is -0.112. The van der Waals surface area contributed by atoms with Crippen molar-refractivity contribution in [2.24, 2.45) is 5.73 Å². The van der Waals surface area contributed by atoms with E-state index in [1.165, 1.54) is 0 Å². The van der Waals surface area contributed by atoms with E-state index >= 15 is 0 Å². The number of rotatable bonds is 3. The van der Waals surface area contributed by atoms with Gasteiger partial charge in [0.2, 0.25) is 0 Å². The molecule has 0 atom stereocenters. The van der Waals surface area contributed by atoms with E-state index in [0.717, 1.165) is 11.0 Å². The molecule has 1 aromatic rings. The largest absolute Gasteiger partial charge is 0.491 e. The van der Waals surface area contributed by atoms with Crippen molar-refractivity contribution in [1.29, 1.82) is 0 Å². The number of benzene rings is 1. The van der Waals surface area contributed by atoms with Gasteiger partial charge < -0.3 is 20.4 Å². The summed E-state index contributed by atoms with van der Waals surface area (Å²) >= 11 is 0. The first-order valence-electron chi connectivity index (χ1n) is 7.90. The molecular formula is C17H21BN2O4. The Kier molecular flexibility index (Phi) is 3.90. The average molecular weight is 328 g/mol. The third-order valence-corrected chi connectivity index (χ3v) is 4.89. The topological polar surface area (TPSA) is 90.7 Å². The Bertz CT molecular complexity index is 739. The number of ketones is 1. The fourth-order valence-corrected chi connectivity index (χ4v) is 2.69. The minimum absolute atomic E-state index is 0.277. The highest BCUT2D eigenvalue weighted by molar-refractivity contribution is 6.56. The number of hydrogen-bond donors (Lipinski definition) is 2. The van der Waals surface area contributed by atoms with E-state index in [1.807, 2.05) is 33.8 Å². The van der Waals surface area contributed by atoms with Crippen molar-refractivity contribution in [3.8, 4) is 0 Å². The van der Waals surface area contributed by atoms with Crippen molar-refractivity contribution in [3.63, 3.8) is 0 Å². The van der Waals surface area contributed by atoms with Crippen LogP contribution in [0.25, 0.3) is 6.08 Å². The van der Waals surface area contributed by atoms with Gasteiger partial charge in [-0.05, 0) is 50.9 Å². The molecule has 0 aliphatic carbocycles. The van der Waals surface area contributed by atoms with Gasteiger partial charge in [0.25, 0.3) is 11.7 Å². The van der Waals surface area contributed by atoms with Crippen LogP contribution in [0.3, 0.4) is 0 Å². The molecule has 3 rings (SSSR count). The van der Waals surface area contributed by atoms with Gasteiger partial charge in [0.15, 0.2) is 0 Å². The summed E-state index contributed by atoms with van der Waals surface area (Å²) in [7, 11) is -0.524. The molecule has 3 N–H and O–H groups in total. The predicted octanol–water partition coefficient (Wildman–Crippen LogP) is 1.79. The summed E-state index contributed by atoms with van der Waals surface area (Å²) in [4.78, 5) is 23.1. The normalized spacial score (nSPS) is 21.9. The van der Waals surface area contributed by atoms with Gasteiger partial charge in [0, 0.05) is 6.54 Å². The molecule has 6 nitrogen and oxygen atoms in total. The first-order valence-corrected chi connectivity index (χ1v) is 7.90. The van der Waals surface area contributed by atoms with E-state index in [1.54, 1.807) is 18.2 Å². The summed E-state index contributed by atoms with van der Waals surface area (Å²) in [6, 6.07) is 5.16. The number of anilines is 1. The molecule has 0 aromatic heterocycles. The molecule has 1 fully saturated rings. The highest BCUT2D eigenvalue weighted by Crippen LogP contribution is 2.38. The first-order chi connectivity index (χ1) is 11.1. The number of fused-ring (bicyclic) bond motifs is 1. The van der Waals surface area contributed by atoms with Crippen LogP contribution in [-0.2, 0) is 14.1 Å². The lowest BCUT2D eigenvalue weighted by Gasteiger charge is -2.32. The Labute approximate surface area is 141 Å². The Morgan fingerprint density at radius 3 is 2.42 bits per heavy atom. The molecule has 0 spiro atoms. The molecule has 2 aliphatic heterocycles. The fourth-order valence-electron chi connectivity index (χ4n) is 2.69. The number of nitrogens with two attached hydrogens (primary N) is 1. The van der Waals surface area contributed by atoms with E-state index in [4.69, 9.17) is 15.0 Å². The van der Waals surface area contributed by atoms with E-state index < -0.39 is 30.0 Å². The maximum atomic E-state index is 11.7. The second-order valence-corrected chi connectivity index (χ2v) is 7.10. The van der Waals surface area contributed by atoms with Crippen LogP contribution in [-0.4, -0.2) is 36.6 Å². The lowest BCUT2D eigenvalue weighted by atomic mass is 9.77. The van der Waals surface area contributed by atoms with E-state index in [9.17, 15) is 9.59 Å². The Balaban J connectivity index is 1.89. The van der Waals surface area contributed by atoms with E-state index in [2.05, 4.69) is 5.32 Å². The molecule has 2 heterocycles. The monoisotopic (exact) mass is 328 g/mol. The molecule has 2 aliphatic rings. The van der Waals surface area contributed by atoms with Crippen molar-refractivity contribution in [3.05, 3.63) is 34.8 Å². The Hall–Kier alpha value is -1.96. The number of carbonyl (C=O) groups is 2. The highest BCUT2D eigenvalue weighted by atomic mass is 16.7.